The molecule has 1 aliphatic rings. The molecule has 0 spiro atoms. The molecule has 6 heteroatoms. The summed E-state index contributed by atoms with van der Waals surface area (Å²) in [6, 6.07) is 1.26. The third-order valence-electron chi connectivity index (χ3n) is 3.93. The molecule has 1 amide bonds. The van der Waals surface area contributed by atoms with Crippen LogP contribution in [-0.2, 0) is 19.4 Å². The van der Waals surface area contributed by atoms with Gasteiger partial charge >= 0.3 is 0 Å². The van der Waals surface area contributed by atoms with Crippen LogP contribution in [0.1, 0.15) is 39.3 Å². The highest BCUT2D eigenvalue weighted by molar-refractivity contribution is 7.10. The maximum Gasteiger partial charge on any atom is 0.268 e. The van der Waals surface area contributed by atoms with Crippen LogP contribution in [-0.4, -0.2) is 18.0 Å². The summed E-state index contributed by atoms with van der Waals surface area (Å²) in [6.45, 7) is 0.499. The number of hydrogen-bond acceptors (Lipinski definition) is 4. The number of carbonyl (C=O) groups is 1. The van der Waals surface area contributed by atoms with Crippen molar-refractivity contribution in [3.05, 3.63) is 49.6 Å². The van der Waals surface area contributed by atoms with E-state index in [1.54, 1.807) is 11.3 Å². The smallest absolute Gasteiger partial charge is 0.268 e. The number of fused-ring (bicyclic) bond motifs is 1. The first-order valence-electron chi connectivity index (χ1n) is 7.32. The fourth-order valence-electron chi connectivity index (χ4n) is 2.73. The van der Waals surface area contributed by atoms with E-state index in [2.05, 4.69) is 15.7 Å². The Bertz CT molecular complexity index is 748. The summed E-state index contributed by atoms with van der Waals surface area (Å²) in [7, 11) is 1.42. The highest BCUT2D eigenvalue weighted by atomic mass is 32.1. The molecule has 22 heavy (non-hydrogen) atoms. The van der Waals surface area contributed by atoms with Crippen LogP contribution in [0.5, 0.6) is 5.75 Å². The Morgan fingerprint density at radius 2 is 2.23 bits per heavy atom. The van der Waals surface area contributed by atoms with Crippen molar-refractivity contribution in [2.75, 3.05) is 7.11 Å². The molecular formula is C16H18N2O3S. The van der Waals surface area contributed by atoms with Gasteiger partial charge in [0.05, 0.1) is 7.11 Å². The summed E-state index contributed by atoms with van der Waals surface area (Å²) >= 11 is 1.78. The third-order valence-corrected chi connectivity index (χ3v) is 5.07. The minimum atomic E-state index is -0.306. The van der Waals surface area contributed by atoms with E-state index in [1.165, 1.54) is 48.2 Å². The molecule has 0 atom stereocenters. The molecule has 0 bridgehead atoms. The van der Waals surface area contributed by atoms with E-state index in [0.717, 1.165) is 12.8 Å². The number of nitrogens with one attached hydrogen (secondary N) is 2. The summed E-state index contributed by atoms with van der Waals surface area (Å²) in [4.78, 5) is 28.1. The summed E-state index contributed by atoms with van der Waals surface area (Å²) in [6.07, 6.45) is 6.13. The van der Waals surface area contributed by atoms with Gasteiger partial charge in [-0.15, -0.1) is 11.3 Å². The molecule has 2 aromatic heterocycles. The molecule has 2 N–H and O–H groups in total. The van der Waals surface area contributed by atoms with Crippen molar-refractivity contribution >= 4 is 17.2 Å². The number of aromatic nitrogens is 1. The average Bonchev–Trinajstić information content (AvgIpc) is 2.95. The Kier molecular flexibility index (Phi) is 4.29. The summed E-state index contributed by atoms with van der Waals surface area (Å²) in [5.41, 5.74) is 2.54. The zero-order chi connectivity index (χ0) is 15.5. The number of methoxy groups -OCH3 is 1. The zero-order valence-corrected chi connectivity index (χ0v) is 13.2. The second-order valence-electron chi connectivity index (χ2n) is 5.33. The minimum Gasteiger partial charge on any atom is -0.491 e. The van der Waals surface area contributed by atoms with Gasteiger partial charge in [0.2, 0.25) is 5.43 Å². The maximum atomic E-state index is 12.1. The van der Waals surface area contributed by atoms with Gasteiger partial charge in [0.15, 0.2) is 5.75 Å². The first kappa shape index (κ1) is 14.8. The van der Waals surface area contributed by atoms with E-state index in [9.17, 15) is 9.59 Å². The second kappa shape index (κ2) is 6.36. The molecular weight excluding hydrogens is 300 g/mol. The molecule has 0 saturated carbocycles. The molecule has 5 nitrogen and oxygen atoms in total. The van der Waals surface area contributed by atoms with Crippen LogP contribution in [0.25, 0.3) is 0 Å². The summed E-state index contributed by atoms with van der Waals surface area (Å²) in [5.74, 6) is -0.0843. The molecule has 0 fully saturated rings. The highest BCUT2D eigenvalue weighted by Gasteiger charge is 2.16. The normalized spacial score (nSPS) is 13.5. The van der Waals surface area contributed by atoms with Crippen molar-refractivity contribution in [2.45, 2.75) is 32.2 Å². The molecule has 0 aromatic carbocycles. The quantitative estimate of drug-likeness (QED) is 0.908. The van der Waals surface area contributed by atoms with Gasteiger partial charge in [-0.2, -0.15) is 0 Å². The van der Waals surface area contributed by atoms with Gasteiger partial charge in [-0.3, -0.25) is 9.59 Å². The highest BCUT2D eigenvalue weighted by Crippen LogP contribution is 2.30. The van der Waals surface area contributed by atoms with Crippen LogP contribution in [0.4, 0.5) is 0 Å². The number of amides is 1. The number of aromatic amines is 1. The van der Waals surface area contributed by atoms with E-state index in [1.807, 2.05) is 0 Å². The number of carbonyl (C=O) groups excluding carboxylic acids is 1. The topological polar surface area (TPSA) is 71.2 Å². The fourth-order valence-corrected chi connectivity index (χ4v) is 3.88. The molecule has 1 aliphatic carbocycles. The van der Waals surface area contributed by atoms with Gasteiger partial charge in [-0.25, -0.2) is 0 Å². The Hall–Kier alpha value is -2.08. The SMILES string of the molecule is COc1c[nH]c(C(=O)NCc2csc3c2CCCC3)cc1=O. The average molecular weight is 318 g/mol. The largest absolute Gasteiger partial charge is 0.491 e. The van der Waals surface area contributed by atoms with Crippen molar-refractivity contribution in [2.24, 2.45) is 0 Å². The van der Waals surface area contributed by atoms with Crippen LogP contribution in [0.3, 0.4) is 0 Å². The zero-order valence-electron chi connectivity index (χ0n) is 12.4. The molecule has 2 aromatic rings. The molecule has 3 rings (SSSR count). The molecule has 2 heterocycles. The van der Waals surface area contributed by atoms with E-state index < -0.39 is 0 Å². The van der Waals surface area contributed by atoms with Crippen molar-refractivity contribution in [1.82, 2.24) is 10.3 Å². The van der Waals surface area contributed by atoms with E-state index in [-0.39, 0.29) is 22.8 Å². The lowest BCUT2D eigenvalue weighted by molar-refractivity contribution is 0.0945. The Labute approximate surface area is 132 Å². The van der Waals surface area contributed by atoms with Gasteiger partial charge in [0.1, 0.15) is 5.69 Å². The number of ether oxygens (including phenoxy) is 1. The molecule has 0 unspecified atom stereocenters. The second-order valence-corrected chi connectivity index (χ2v) is 6.30. The lowest BCUT2D eigenvalue weighted by Crippen LogP contribution is -2.25. The third kappa shape index (κ3) is 2.92. The predicted molar refractivity (Wildman–Crippen MR) is 85.7 cm³/mol. The first-order chi connectivity index (χ1) is 10.7. The molecule has 0 aliphatic heterocycles. The first-order valence-corrected chi connectivity index (χ1v) is 8.20. The van der Waals surface area contributed by atoms with Crippen LogP contribution in [0.15, 0.2) is 22.4 Å². The van der Waals surface area contributed by atoms with E-state index >= 15 is 0 Å². The fraction of sp³-hybridized carbons (Fsp3) is 0.375. The Morgan fingerprint density at radius 1 is 1.41 bits per heavy atom. The van der Waals surface area contributed by atoms with Crippen LogP contribution in [0, 0.1) is 0 Å². The molecule has 116 valence electrons. The number of rotatable bonds is 4. The Morgan fingerprint density at radius 3 is 3.00 bits per heavy atom. The van der Waals surface area contributed by atoms with Crippen molar-refractivity contribution < 1.29 is 9.53 Å². The lowest BCUT2D eigenvalue weighted by Gasteiger charge is -2.13. The predicted octanol–water partition coefficient (Wildman–Crippen LogP) is 2.25. The van der Waals surface area contributed by atoms with Crippen molar-refractivity contribution in [3.8, 4) is 5.75 Å². The van der Waals surface area contributed by atoms with Crippen LogP contribution >= 0.6 is 11.3 Å². The van der Waals surface area contributed by atoms with Gasteiger partial charge in [-0.05, 0) is 42.2 Å². The Balaban J connectivity index is 1.69. The molecule has 0 saturated heterocycles. The van der Waals surface area contributed by atoms with Gasteiger partial charge in [0, 0.05) is 23.7 Å². The number of thiophene rings is 1. The monoisotopic (exact) mass is 318 g/mol. The van der Waals surface area contributed by atoms with E-state index in [4.69, 9.17) is 4.74 Å². The van der Waals surface area contributed by atoms with E-state index in [0.29, 0.717) is 6.54 Å². The number of H-pyrrole nitrogens is 1. The summed E-state index contributed by atoms with van der Waals surface area (Å²) in [5, 5.41) is 5.00. The van der Waals surface area contributed by atoms with Crippen LogP contribution < -0.4 is 15.5 Å². The number of pyridine rings is 1. The number of aryl methyl sites for hydroxylation is 1. The minimum absolute atomic E-state index is 0.198. The number of hydrogen-bond donors (Lipinski definition) is 2. The van der Waals surface area contributed by atoms with Gasteiger partial charge in [0.25, 0.3) is 5.91 Å². The van der Waals surface area contributed by atoms with Gasteiger partial charge < -0.3 is 15.0 Å². The lowest BCUT2D eigenvalue weighted by atomic mass is 9.96. The van der Waals surface area contributed by atoms with Crippen molar-refractivity contribution in [3.63, 3.8) is 0 Å². The standard InChI is InChI=1S/C16H18N2O3S/c1-21-14-8-17-12(6-13(14)19)16(20)18-7-10-9-22-15-5-3-2-4-11(10)15/h6,8-9H,2-5,7H2,1H3,(H,17,19)(H,18,20). The van der Waals surface area contributed by atoms with Gasteiger partial charge in [-0.1, -0.05) is 0 Å². The van der Waals surface area contributed by atoms with Crippen LogP contribution in [0.2, 0.25) is 0 Å². The maximum absolute atomic E-state index is 12.1. The summed E-state index contributed by atoms with van der Waals surface area (Å²) < 4.78 is 4.89. The van der Waals surface area contributed by atoms with Crippen molar-refractivity contribution in [1.29, 1.82) is 0 Å². The molecule has 0 radical (unpaired) electrons.